The molecule has 2 amide bonds. The number of ether oxygens (including phenoxy) is 2. The van der Waals surface area contributed by atoms with E-state index in [1.165, 1.54) is 0 Å². The number of amides is 2. The zero-order valence-electron chi connectivity index (χ0n) is 16.3. The van der Waals surface area contributed by atoms with Crippen LogP contribution in [0, 0.1) is 6.92 Å². The molecule has 2 aliphatic heterocycles. The lowest BCUT2D eigenvalue weighted by Gasteiger charge is -2.41. The number of nitrogens with zero attached hydrogens (tertiary/aromatic N) is 3. The zero-order chi connectivity index (χ0) is 19.9. The summed E-state index contributed by atoms with van der Waals surface area (Å²) in [4.78, 5) is 27.1. The van der Waals surface area contributed by atoms with Gasteiger partial charge in [0.05, 0.1) is 30.5 Å². The first-order valence-electron chi connectivity index (χ1n) is 9.35. The van der Waals surface area contributed by atoms with Crippen molar-refractivity contribution in [2.24, 2.45) is 7.05 Å². The number of methoxy groups -OCH3 is 1. The predicted octanol–water partition coefficient (Wildman–Crippen LogP) is 1.53. The van der Waals surface area contributed by atoms with Crippen molar-refractivity contribution in [3.8, 4) is 11.5 Å². The molecule has 148 valence electrons. The number of benzene rings is 1. The summed E-state index contributed by atoms with van der Waals surface area (Å²) < 4.78 is 13.3. The SMILES string of the molecule is COc1ccc2c(c1)OC1(CCN(C(=O)c3cn(C)nc3C)CC1)CNC2=O. The number of carbonyl (C=O) groups is 2. The average molecular weight is 384 g/mol. The van der Waals surface area contributed by atoms with E-state index in [4.69, 9.17) is 9.47 Å². The van der Waals surface area contributed by atoms with E-state index in [-0.39, 0.29) is 11.8 Å². The van der Waals surface area contributed by atoms with Crippen LogP contribution in [0.15, 0.2) is 24.4 Å². The maximum absolute atomic E-state index is 12.9. The molecule has 0 unspecified atom stereocenters. The second-order valence-corrected chi connectivity index (χ2v) is 7.42. The van der Waals surface area contributed by atoms with Crippen molar-refractivity contribution in [2.75, 3.05) is 26.7 Å². The molecule has 0 aliphatic carbocycles. The molecule has 0 saturated carbocycles. The van der Waals surface area contributed by atoms with Gasteiger partial charge in [0.1, 0.15) is 17.1 Å². The van der Waals surface area contributed by atoms with E-state index in [0.717, 1.165) is 5.69 Å². The third-order valence-corrected chi connectivity index (χ3v) is 5.54. The second-order valence-electron chi connectivity index (χ2n) is 7.42. The fourth-order valence-corrected chi connectivity index (χ4v) is 3.88. The van der Waals surface area contributed by atoms with Crippen molar-refractivity contribution in [3.63, 3.8) is 0 Å². The molecule has 1 aromatic carbocycles. The molecule has 2 aromatic rings. The summed E-state index contributed by atoms with van der Waals surface area (Å²) in [7, 11) is 3.39. The smallest absolute Gasteiger partial charge is 0.257 e. The molecule has 2 aliphatic rings. The molecule has 1 spiro atoms. The van der Waals surface area contributed by atoms with Gasteiger partial charge in [-0.15, -0.1) is 0 Å². The van der Waals surface area contributed by atoms with E-state index in [2.05, 4.69) is 10.4 Å². The normalized spacial score (nSPS) is 18.1. The van der Waals surface area contributed by atoms with E-state index in [0.29, 0.717) is 55.1 Å². The third kappa shape index (κ3) is 3.19. The van der Waals surface area contributed by atoms with Crippen LogP contribution in [0.3, 0.4) is 0 Å². The number of likely N-dealkylation sites (tertiary alicyclic amines) is 1. The quantitative estimate of drug-likeness (QED) is 0.849. The van der Waals surface area contributed by atoms with Gasteiger partial charge in [0.2, 0.25) is 0 Å². The number of aryl methyl sites for hydroxylation is 2. The van der Waals surface area contributed by atoms with Crippen LogP contribution in [-0.4, -0.2) is 58.8 Å². The highest BCUT2D eigenvalue weighted by molar-refractivity contribution is 5.97. The molecule has 1 saturated heterocycles. The van der Waals surface area contributed by atoms with Gasteiger partial charge in [0.25, 0.3) is 11.8 Å². The van der Waals surface area contributed by atoms with Crippen LogP contribution in [0.5, 0.6) is 11.5 Å². The summed E-state index contributed by atoms with van der Waals surface area (Å²) in [6, 6.07) is 5.21. The molecule has 8 heteroatoms. The van der Waals surface area contributed by atoms with E-state index >= 15 is 0 Å². The molecule has 0 radical (unpaired) electrons. The van der Waals surface area contributed by atoms with Gasteiger partial charge in [-0.3, -0.25) is 14.3 Å². The van der Waals surface area contributed by atoms with Gasteiger partial charge in [-0.05, 0) is 19.1 Å². The molecule has 1 aromatic heterocycles. The topological polar surface area (TPSA) is 85.7 Å². The monoisotopic (exact) mass is 384 g/mol. The van der Waals surface area contributed by atoms with Gasteiger partial charge in [0.15, 0.2) is 0 Å². The van der Waals surface area contributed by atoms with Crippen LogP contribution in [-0.2, 0) is 7.05 Å². The van der Waals surface area contributed by atoms with Crippen LogP contribution in [0.4, 0.5) is 0 Å². The Bertz CT molecular complexity index is 928. The van der Waals surface area contributed by atoms with E-state index in [1.807, 2.05) is 18.9 Å². The molecule has 1 fully saturated rings. The molecule has 8 nitrogen and oxygen atoms in total. The van der Waals surface area contributed by atoms with Crippen LogP contribution in [0.1, 0.15) is 39.3 Å². The van der Waals surface area contributed by atoms with Crippen LogP contribution >= 0.6 is 0 Å². The van der Waals surface area contributed by atoms with E-state index in [1.54, 1.807) is 36.2 Å². The first-order chi connectivity index (χ1) is 13.4. The van der Waals surface area contributed by atoms with Crippen molar-refractivity contribution >= 4 is 11.8 Å². The summed E-state index contributed by atoms with van der Waals surface area (Å²) in [5, 5.41) is 7.22. The number of hydrogen-bond donors (Lipinski definition) is 1. The number of hydrogen-bond acceptors (Lipinski definition) is 5. The van der Waals surface area contributed by atoms with Gasteiger partial charge < -0.3 is 19.7 Å². The molecule has 1 N–H and O–H groups in total. The highest BCUT2D eigenvalue weighted by atomic mass is 16.5. The Morgan fingerprint density at radius 1 is 1.32 bits per heavy atom. The Kier molecular flexibility index (Phi) is 4.49. The summed E-state index contributed by atoms with van der Waals surface area (Å²) in [5.74, 6) is 1.000. The molecule has 28 heavy (non-hydrogen) atoms. The molecule has 3 heterocycles. The maximum atomic E-state index is 12.9. The van der Waals surface area contributed by atoms with Gasteiger partial charge in [-0.2, -0.15) is 5.10 Å². The fraction of sp³-hybridized carbons (Fsp3) is 0.450. The Morgan fingerprint density at radius 3 is 2.71 bits per heavy atom. The maximum Gasteiger partial charge on any atom is 0.257 e. The molecule has 0 atom stereocenters. The van der Waals surface area contributed by atoms with Gasteiger partial charge >= 0.3 is 0 Å². The summed E-state index contributed by atoms with van der Waals surface area (Å²) in [6.07, 6.45) is 3.02. The molecular formula is C20H24N4O4. The van der Waals surface area contributed by atoms with Gasteiger partial charge in [-0.25, -0.2) is 0 Å². The number of carbonyl (C=O) groups excluding carboxylic acids is 2. The summed E-state index contributed by atoms with van der Waals surface area (Å²) >= 11 is 0. The van der Waals surface area contributed by atoms with Crippen molar-refractivity contribution in [1.29, 1.82) is 0 Å². The minimum Gasteiger partial charge on any atom is -0.497 e. The molecule has 0 bridgehead atoms. The highest BCUT2D eigenvalue weighted by Crippen LogP contribution is 2.35. The average Bonchev–Trinajstić information content (AvgIpc) is 2.97. The number of piperidine rings is 1. The van der Waals surface area contributed by atoms with Crippen molar-refractivity contribution in [3.05, 3.63) is 41.2 Å². The van der Waals surface area contributed by atoms with Crippen molar-refractivity contribution in [2.45, 2.75) is 25.4 Å². The van der Waals surface area contributed by atoms with Crippen LogP contribution < -0.4 is 14.8 Å². The molecule has 4 rings (SSSR count). The minimum atomic E-state index is -0.534. The lowest BCUT2D eigenvalue weighted by molar-refractivity contribution is 0.00760. The fourth-order valence-electron chi connectivity index (χ4n) is 3.88. The predicted molar refractivity (Wildman–Crippen MR) is 102 cm³/mol. The van der Waals surface area contributed by atoms with Crippen molar-refractivity contribution in [1.82, 2.24) is 20.0 Å². The largest absolute Gasteiger partial charge is 0.497 e. The summed E-state index contributed by atoms with van der Waals surface area (Å²) in [5.41, 5.74) is 1.33. The second kappa shape index (κ2) is 6.85. The van der Waals surface area contributed by atoms with Gasteiger partial charge in [0, 0.05) is 45.2 Å². The molecular weight excluding hydrogens is 360 g/mol. The first-order valence-corrected chi connectivity index (χ1v) is 9.35. The Balaban J connectivity index is 1.52. The van der Waals surface area contributed by atoms with Crippen LogP contribution in [0.25, 0.3) is 0 Å². The lowest BCUT2D eigenvalue weighted by Crippen LogP contribution is -2.54. The third-order valence-electron chi connectivity index (χ3n) is 5.54. The number of aromatic nitrogens is 2. The number of nitrogens with one attached hydrogen (secondary N) is 1. The Morgan fingerprint density at radius 2 is 2.07 bits per heavy atom. The Hall–Kier alpha value is -3.03. The Labute approximate surface area is 163 Å². The van der Waals surface area contributed by atoms with Crippen LogP contribution in [0.2, 0.25) is 0 Å². The summed E-state index contributed by atoms with van der Waals surface area (Å²) in [6.45, 7) is 3.37. The zero-order valence-corrected chi connectivity index (χ0v) is 16.3. The highest BCUT2D eigenvalue weighted by Gasteiger charge is 2.41. The van der Waals surface area contributed by atoms with Gasteiger partial charge in [-0.1, -0.05) is 0 Å². The number of fused-ring (bicyclic) bond motifs is 1. The van der Waals surface area contributed by atoms with E-state index in [9.17, 15) is 9.59 Å². The standard InChI is InChI=1S/C20H24N4O4/c1-13-16(11-23(2)22-13)19(26)24-8-6-20(7-9-24)12-21-18(25)15-5-4-14(27-3)10-17(15)28-20/h4-5,10-11H,6-9,12H2,1-3H3,(H,21,25). The minimum absolute atomic E-state index is 0.0137. The number of rotatable bonds is 2. The van der Waals surface area contributed by atoms with Crippen molar-refractivity contribution < 1.29 is 19.1 Å². The lowest BCUT2D eigenvalue weighted by atomic mass is 9.90. The van der Waals surface area contributed by atoms with E-state index < -0.39 is 5.60 Å². The first kappa shape index (κ1) is 18.3.